The third-order valence-electron chi connectivity index (χ3n) is 2.02. The number of halogens is 2. The molecule has 1 aromatic carbocycles. The molecular formula is C10H6BrIOS. The Labute approximate surface area is 108 Å². The summed E-state index contributed by atoms with van der Waals surface area (Å²) in [7, 11) is 0. The maximum Gasteiger partial charge on any atom is 0.151 e. The molecule has 0 saturated carbocycles. The molecule has 4 heteroatoms. The zero-order valence-electron chi connectivity index (χ0n) is 7.09. The summed E-state index contributed by atoms with van der Waals surface area (Å²) in [5.41, 5.74) is 1.99. The molecule has 2 rings (SSSR count). The summed E-state index contributed by atoms with van der Waals surface area (Å²) in [5, 5.41) is 3.81. The standard InChI is InChI=1S/C10H6BrIOS/c11-3-6-1-8(12)2-9-10(6)7(4-13)5-14-9/h1-2,4-5H,3H2. The Balaban J connectivity index is 2.85. The van der Waals surface area contributed by atoms with Gasteiger partial charge in [0, 0.05) is 29.9 Å². The number of fused-ring (bicyclic) bond motifs is 1. The van der Waals surface area contributed by atoms with Gasteiger partial charge in [0.1, 0.15) is 0 Å². The minimum absolute atomic E-state index is 0.790. The number of carbonyl (C=O) groups is 1. The fourth-order valence-corrected chi connectivity index (χ4v) is 3.76. The Morgan fingerprint density at radius 2 is 2.29 bits per heavy atom. The Hall–Kier alpha value is 0.0600. The molecule has 2 aromatic rings. The first-order chi connectivity index (χ1) is 6.76. The average Bonchev–Trinajstić information content (AvgIpc) is 2.59. The highest BCUT2D eigenvalue weighted by Gasteiger charge is 2.08. The first-order valence-corrected chi connectivity index (χ1v) is 7.05. The van der Waals surface area contributed by atoms with E-state index in [1.54, 1.807) is 11.3 Å². The van der Waals surface area contributed by atoms with Crippen LogP contribution in [0.25, 0.3) is 10.1 Å². The molecule has 0 saturated heterocycles. The molecule has 14 heavy (non-hydrogen) atoms. The van der Waals surface area contributed by atoms with E-state index >= 15 is 0 Å². The van der Waals surface area contributed by atoms with Crippen LogP contribution in [0.4, 0.5) is 0 Å². The van der Waals surface area contributed by atoms with Gasteiger partial charge in [0.2, 0.25) is 0 Å². The number of alkyl halides is 1. The Bertz CT molecular complexity index is 492. The highest BCUT2D eigenvalue weighted by molar-refractivity contribution is 14.1. The number of hydrogen-bond donors (Lipinski definition) is 0. The summed E-state index contributed by atoms with van der Waals surface area (Å²) in [6.45, 7) is 0. The molecule has 0 spiro atoms. The van der Waals surface area contributed by atoms with Gasteiger partial charge in [0.05, 0.1) is 0 Å². The van der Waals surface area contributed by atoms with Crippen molar-refractivity contribution in [2.45, 2.75) is 5.33 Å². The molecular weight excluding hydrogens is 375 g/mol. The van der Waals surface area contributed by atoms with Crippen LogP contribution in [0.5, 0.6) is 0 Å². The zero-order chi connectivity index (χ0) is 10.1. The van der Waals surface area contributed by atoms with Crippen LogP contribution < -0.4 is 0 Å². The van der Waals surface area contributed by atoms with Crippen LogP contribution in [-0.4, -0.2) is 6.29 Å². The Morgan fingerprint density at radius 1 is 1.50 bits per heavy atom. The maximum absolute atomic E-state index is 10.8. The lowest BCUT2D eigenvalue weighted by Gasteiger charge is -2.01. The average molecular weight is 381 g/mol. The van der Waals surface area contributed by atoms with Crippen LogP contribution in [0.15, 0.2) is 17.5 Å². The second-order valence-corrected chi connectivity index (χ2v) is 5.60. The summed E-state index contributed by atoms with van der Waals surface area (Å²) < 4.78 is 2.40. The van der Waals surface area contributed by atoms with E-state index in [1.165, 1.54) is 13.8 Å². The van der Waals surface area contributed by atoms with Crippen molar-refractivity contribution in [2.24, 2.45) is 0 Å². The van der Waals surface area contributed by atoms with Gasteiger partial charge in [-0.2, -0.15) is 0 Å². The number of benzene rings is 1. The lowest BCUT2D eigenvalue weighted by molar-refractivity contribution is 0.112. The van der Waals surface area contributed by atoms with Crippen molar-refractivity contribution in [3.8, 4) is 0 Å². The van der Waals surface area contributed by atoms with Crippen LogP contribution in [0.3, 0.4) is 0 Å². The van der Waals surface area contributed by atoms with Crippen molar-refractivity contribution >= 4 is 66.2 Å². The fourth-order valence-electron chi connectivity index (χ4n) is 1.43. The number of aldehydes is 1. The summed E-state index contributed by atoms with van der Waals surface area (Å²) in [6, 6.07) is 4.22. The second kappa shape index (κ2) is 4.28. The Kier molecular flexibility index (Phi) is 3.23. The van der Waals surface area contributed by atoms with E-state index in [9.17, 15) is 4.79 Å². The van der Waals surface area contributed by atoms with E-state index < -0.39 is 0 Å². The number of rotatable bonds is 2. The summed E-state index contributed by atoms with van der Waals surface area (Å²) in [4.78, 5) is 10.8. The molecule has 0 aliphatic carbocycles. The van der Waals surface area contributed by atoms with Crippen molar-refractivity contribution in [1.82, 2.24) is 0 Å². The monoisotopic (exact) mass is 380 g/mol. The van der Waals surface area contributed by atoms with Crippen LogP contribution in [-0.2, 0) is 5.33 Å². The van der Waals surface area contributed by atoms with Crippen molar-refractivity contribution < 1.29 is 4.79 Å². The predicted octanol–water partition coefficient (Wildman–Crippen LogP) is 4.21. The highest BCUT2D eigenvalue weighted by atomic mass is 127. The van der Waals surface area contributed by atoms with Crippen LogP contribution in [0.1, 0.15) is 15.9 Å². The maximum atomic E-state index is 10.8. The van der Waals surface area contributed by atoms with Crippen molar-refractivity contribution in [3.05, 3.63) is 32.2 Å². The molecule has 0 atom stereocenters. The number of hydrogen-bond acceptors (Lipinski definition) is 2. The third kappa shape index (κ3) is 1.75. The lowest BCUT2D eigenvalue weighted by atomic mass is 10.1. The molecule has 1 heterocycles. The van der Waals surface area contributed by atoms with E-state index in [0.29, 0.717) is 0 Å². The molecule has 0 aliphatic heterocycles. The molecule has 0 bridgehead atoms. The predicted molar refractivity (Wildman–Crippen MR) is 72.6 cm³/mol. The van der Waals surface area contributed by atoms with Gasteiger partial charge in [-0.05, 0) is 40.3 Å². The first kappa shape index (κ1) is 10.6. The van der Waals surface area contributed by atoms with Gasteiger partial charge in [0.25, 0.3) is 0 Å². The Morgan fingerprint density at radius 3 is 2.93 bits per heavy atom. The first-order valence-electron chi connectivity index (χ1n) is 3.97. The quantitative estimate of drug-likeness (QED) is 0.433. The fraction of sp³-hybridized carbons (Fsp3) is 0.100. The van der Waals surface area contributed by atoms with E-state index in [4.69, 9.17) is 0 Å². The van der Waals surface area contributed by atoms with Gasteiger partial charge in [-0.3, -0.25) is 4.79 Å². The van der Waals surface area contributed by atoms with Gasteiger partial charge < -0.3 is 0 Å². The third-order valence-corrected chi connectivity index (χ3v) is 4.20. The van der Waals surface area contributed by atoms with Crippen LogP contribution in [0, 0.1) is 3.57 Å². The van der Waals surface area contributed by atoms with E-state index in [-0.39, 0.29) is 0 Å². The summed E-state index contributed by atoms with van der Waals surface area (Å²) in [6.07, 6.45) is 0.928. The SMILES string of the molecule is O=Cc1csc2cc(I)cc(CBr)c12. The zero-order valence-corrected chi connectivity index (χ0v) is 11.6. The molecule has 0 amide bonds. The molecule has 0 unspecified atom stereocenters. The molecule has 72 valence electrons. The van der Waals surface area contributed by atoms with Gasteiger partial charge >= 0.3 is 0 Å². The van der Waals surface area contributed by atoms with Crippen LogP contribution in [0.2, 0.25) is 0 Å². The van der Waals surface area contributed by atoms with Crippen molar-refractivity contribution in [3.63, 3.8) is 0 Å². The molecule has 1 aromatic heterocycles. The molecule has 1 nitrogen and oxygen atoms in total. The summed E-state index contributed by atoms with van der Waals surface area (Å²) >= 11 is 7.37. The number of thiophene rings is 1. The highest BCUT2D eigenvalue weighted by Crippen LogP contribution is 2.31. The topological polar surface area (TPSA) is 17.1 Å². The van der Waals surface area contributed by atoms with Gasteiger partial charge in [-0.1, -0.05) is 15.9 Å². The van der Waals surface area contributed by atoms with Gasteiger partial charge in [-0.25, -0.2) is 0 Å². The van der Waals surface area contributed by atoms with E-state index in [0.717, 1.165) is 22.6 Å². The van der Waals surface area contributed by atoms with Gasteiger partial charge in [0.15, 0.2) is 6.29 Å². The second-order valence-electron chi connectivity index (χ2n) is 2.88. The summed E-state index contributed by atoms with van der Waals surface area (Å²) in [5.74, 6) is 0. The smallest absolute Gasteiger partial charge is 0.151 e. The minimum atomic E-state index is 0.790. The molecule has 0 aliphatic rings. The van der Waals surface area contributed by atoms with Crippen molar-refractivity contribution in [2.75, 3.05) is 0 Å². The van der Waals surface area contributed by atoms with Gasteiger partial charge in [-0.15, -0.1) is 11.3 Å². The molecule has 0 N–H and O–H groups in total. The number of carbonyl (C=O) groups excluding carboxylic acids is 1. The van der Waals surface area contributed by atoms with Crippen LogP contribution >= 0.6 is 49.9 Å². The van der Waals surface area contributed by atoms with E-state index in [2.05, 4.69) is 50.7 Å². The molecule has 0 radical (unpaired) electrons. The van der Waals surface area contributed by atoms with Crippen molar-refractivity contribution in [1.29, 1.82) is 0 Å². The molecule has 0 fully saturated rings. The lowest BCUT2D eigenvalue weighted by Crippen LogP contribution is -1.84. The normalized spacial score (nSPS) is 10.7. The van der Waals surface area contributed by atoms with E-state index in [1.807, 2.05) is 5.38 Å². The minimum Gasteiger partial charge on any atom is -0.298 e. The largest absolute Gasteiger partial charge is 0.298 e.